The molecule has 3 aromatic heterocycles. The van der Waals surface area contributed by atoms with Crippen LogP contribution in [0.15, 0.2) is 50.2 Å². The number of para-hydroxylation sites is 1. The number of thioether (sulfide) groups is 1. The molecule has 1 unspecified atom stereocenters. The van der Waals surface area contributed by atoms with Crippen LogP contribution in [0.1, 0.15) is 69.0 Å². The first kappa shape index (κ1) is 20.5. The normalized spacial score (nSPS) is 15.5. The summed E-state index contributed by atoms with van der Waals surface area (Å²) in [5.41, 5.74) is 1.77. The molecule has 0 saturated heterocycles. The fourth-order valence-electron chi connectivity index (χ4n) is 3.49. The van der Waals surface area contributed by atoms with Crippen LogP contribution in [0.5, 0.6) is 0 Å². The van der Waals surface area contributed by atoms with Crippen LogP contribution < -0.4 is 5.56 Å². The third-order valence-electron chi connectivity index (χ3n) is 5.38. The lowest BCUT2D eigenvalue weighted by Gasteiger charge is -2.14. The zero-order valence-corrected chi connectivity index (χ0v) is 19.6. The number of rotatable bonds is 5. The molecule has 6 nitrogen and oxygen atoms in total. The Morgan fingerprint density at radius 1 is 1.19 bits per heavy atom. The molecule has 1 atom stereocenters. The molecule has 0 aliphatic heterocycles. The van der Waals surface area contributed by atoms with Crippen molar-refractivity contribution in [2.24, 2.45) is 0 Å². The van der Waals surface area contributed by atoms with Gasteiger partial charge in [-0.15, -0.1) is 11.3 Å². The van der Waals surface area contributed by atoms with E-state index in [-0.39, 0.29) is 16.2 Å². The van der Waals surface area contributed by atoms with E-state index in [1.807, 2.05) is 37.3 Å². The molecular weight excluding hydrogens is 428 g/mol. The molecule has 0 N–H and O–H groups in total. The van der Waals surface area contributed by atoms with E-state index in [4.69, 9.17) is 9.51 Å². The summed E-state index contributed by atoms with van der Waals surface area (Å²) in [5.74, 6) is 1.71. The predicted molar refractivity (Wildman–Crippen MR) is 124 cm³/mol. The predicted octanol–water partition coefficient (Wildman–Crippen LogP) is 5.86. The number of nitrogens with zero attached hydrogens (tertiary/aromatic N) is 4. The summed E-state index contributed by atoms with van der Waals surface area (Å²) in [6.45, 7) is 8.16. The Labute approximate surface area is 188 Å². The lowest BCUT2D eigenvalue weighted by molar-refractivity contribution is 0.364. The minimum absolute atomic E-state index is 0.00467. The van der Waals surface area contributed by atoms with E-state index in [1.54, 1.807) is 15.9 Å². The summed E-state index contributed by atoms with van der Waals surface area (Å²) in [6.07, 6.45) is 2.30. The van der Waals surface area contributed by atoms with E-state index < -0.39 is 0 Å². The van der Waals surface area contributed by atoms with Crippen molar-refractivity contribution in [2.75, 3.05) is 0 Å². The van der Waals surface area contributed by atoms with Crippen LogP contribution in [-0.4, -0.2) is 19.7 Å². The van der Waals surface area contributed by atoms with Crippen molar-refractivity contribution in [3.63, 3.8) is 0 Å². The third-order valence-corrected chi connectivity index (χ3v) is 7.31. The molecule has 0 radical (unpaired) electrons. The van der Waals surface area contributed by atoms with Gasteiger partial charge in [-0.25, -0.2) is 4.98 Å². The van der Waals surface area contributed by atoms with Gasteiger partial charge in [-0.3, -0.25) is 9.36 Å². The molecule has 8 heteroatoms. The minimum atomic E-state index is -0.189. The van der Waals surface area contributed by atoms with Crippen molar-refractivity contribution < 1.29 is 4.52 Å². The highest BCUT2D eigenvalue weighted by Crippen LogP contribution is 2.44. The SMILES string of the molecule is CC(Sc1nc2scc(C3CC3)c2c(=O)n1-c1ccccc1)c1nc(C(C)(C)C)no1. The largest absolute Gasteiger partial charge is 0.338 e. The van der Waals surface area contributed by atoms with Gasteiger partial charge in [0.25, 0.3) is 5.56 Å². The second-order valence-electron chi connectivity index (χ2n) is 8.98. The highest BCUT2D eigenvalue weighted by atomic mass is 32.2. The molecule has 1 fully saturated rings. The molecule has 1 aliphatic carbocycles. The number of aromatic nitrogens is 4. The van der Waals surface area contributed by atoms with Gasteiger partial charge < -0.3 is 4.52 Å². The van der Waals surface area contributed by atoms with E-state index in [0.717, 1.165) is 34.3 Å². The first-order valence-electron chi connectivity index (χ1n) is 10.4. The Hall–Kier alpha value is -2.45. The molecule has 0 bridgehead atoms. The standard InChI is InChI=1S/C23H24N4O2S2/c1-13(18-24-21(26-29-18)23(2,3)4)31-22-25-19-17(16(12-30-19)14-10-11-14)20(28)27(22)15-8-6-5-7-9-15/h5-9,12-14H,10-11H2,1-4H3. The maximum absolute atomic E-state index is 13.7. The number of benzene rings is 1. The van der Waals surface area contributed by atoms with E-state index >= 15 is 0 Å². The Morgan fingerprint density at radius 3 is 2.58 bits per heavy atom. The maximum Gasteiger partial charge on any atom is 0.267 e. The van der Waals surface area contributed by atoms with Crippen LogP contribution in [0.3, 0.4) is 0 Å². The van der Waals surface area contributed by atoms with Gasteiger partial charge >= 0.3 is 0 Å². The molecule has 1 aromatic carbocycles. The minimum Gasteiger partial charge on any atom is -0.338 e. The van der Waals surface area contributed by atoms with Crippen LogP contribution >= 0.6 is 23.1 Å². The number of hydrogen-bond donors (Lipinski definition) is 0. The van der Waals surface area contributed by atoms with E-state index in [1.165, 1.54) is 11.8 Å². The van der Waals surface area contributed by atoms with Crippen molar-refractivity contribution >= 4 is 33.3 Å². The van der Waals surface area contributed by atoms with Gasteiger partial charge in [0.1, 0.15) is 4.83 Å². The maximum atomic E-state index is 13.7. The highest BCUT2D eigenvalue weighted by molar-refractivity contribution is 7.99. The molecule has 1 saturated carbocycles. The van der Waals surface area contributed by atoms with Crippen molar-refractivity contribution in [3.8, 4) is 5.69 Å². The first-order valence-corrected chi connectivity index (χ1v) is 12.2. The summed E-state index contributed by atoms with van der Waals surface area (Å²) >= 11 is 3.02. The Balaban J connectivity index is 1.60. The van der Waals surface area contributed by atoms with E-state index in [2.05, 4.69) is 36.3 Å². The smallest absolute Gasteiger partial charge is 0.267 e. The summed E-state index contributed by atoms with van der Waals surface area (Å²) in [5, 5.41) is 7.50. The highest BCUT2D eigenvalue weighted by Gasteiger charge is 2.30. The quantitative estimate of drug-likeness (QED) is 0.279. The van der Waals surface area contributed by atoms with Crippen LogP contribution in [0.25, 0.3) is 15.9 Å². The fourth-order valence-corrected chi connectivity index (χ4v) is 5.50. The summed E-state index contributed by atoms with van der Waals surface area (Å²) < 4.78 is 7.26. The monoisotopic (exact) mass is 452 g/mol. The van der Waals surface area contributed by atoms with Crippen LogP contribution in [0, 0.1) is 0 Å². The Kier molecular flexibility index (Phi) is 5.01. The van der Waals surface area contributed by atoms with E-state index in [0.29, 0.717) is 22.8 Å². The second-order valence-corrected chi connectivity index (χ2v) is 11.1. The molecule has 0 spiro atoms. The van der Waals surface area contributed by atoms with Gasteiger partial charge in [0, 0.05) is 5.41 Å². The molecule has 1 aliphatic rings. The molecule has 4 aromatic rings. The average Bonchev–Trinajstić information content (AvgIpc) is 3.27. The van der Waals surface area contributed by atoms with Crippen LogP contribution in [0.4, 0.5) is 0 Å². The van der Waals surface area contributed by atoms with E-state index in [9.17, 15) is 4.79 Å². The van der Waals surface area contributed by atoms with Gasteiger partial charge in [-0.1, -0.05) is 55.9 Å². The van der Waals surface area contributed by atoms with Gasteiger partial charge in [0.05, 0.1) is 16.3 Å². The van der Waals surface area contributed by atoms with Crippen LogP contribution in [-0.2, 0) is 5.41 Å². The van der Waals surface area contributed by atoms with Crippen molar-refractivity contribution in [2.45, 2.75) is 62.3 Å². The van der Waals surface area contributed by atoms with Gasteiger partial charge in [-0.05, 0) is 48.8 Å². The average molecular weight is 453 g/mol. The molecule has 160 valence electrons. The molecule has 0 amide bonds. The zero-order chi connectivity index (χ0) is 21.8. The molecule has 5 rings (SSSR count). The Bertz CT molecular complexity index is 1300. The molecule has 31 heavy (non-hydrogen) atoms. The number of hydrogen-bond acceptors (Lipinski definition) is 7. The second kappa shape index (κ2) is 7.60. The summed E-state index contributed by atoms with van der Waals surface area (Å²) in [4.78, 5) is 24.0. The van der Waals surface area contributed by atoms with Crippen molar-refractivity contribution in [1.29, 1.82) is 0 Å². The first-order chi connectivity index (χ1) is 14.8. The third kappa shape index (κ3) is 3.83. The lowest BCUT2D eigenvalue weighted by Crippen LogP contribution is -2.22. The summed E-state index contributed by atoms with van der Waals surface area (Å²) in [7, 11) is 0. The summed E-state index contributed by atoms with van der Waals surface area (Å²) in [6, 6.07) is 9.71. The molecular formula is C23H24N4O2S2. The zero-order valence-electron chi connectivity index (χ0n) is 18.0. The lowest BCUT2D eigenvalue weighted by atomic mass is 9.96. The van der Waals surface area contributed by atoms with Gasteiger partial charge in [-0.2, -0.15) is 4.98 Å². The van der Waals surface area contributed by atoms with Gasteiger partial charge in [0.2, 0.25) is 5.89 Å². The fraction of sp³-hybridized carbons (Fsp3) is 0.391. The number of fused-ring (bicyclic) bond motifs is 1. The molecule has 3 heterocycles. The Morgan fingerprint density at radius 2 is 1.94 bits per heavy atom. The van der Waals surface area contributed by atoms with Crippen molar-refractivity contribution in [3.05, 3.63) is 63.3 Å². The van der Waals surface area contributed by atoms with Crippen molar-refractivity contribution in [1.82, 2.24) is 19.7 Å². The van der Waals surface area contributed by atoms with Crippen LogP contribution in [0.2, 0.25) is 0 Å². The van der Waals surface area contributed by atoms with Gasteiger partial charge in [0.15, 0.2) is 11.0 Å². The number of thiophene rings is 1. The topological polar surface area (TPSA) is 73.8 Å².